The minimum atomic E-state index is -0.175. The highest BCUT2D eigenvalue weighted by atomic mass is 32.2. The van der Waals surface area contributed by atoms with Crippen LogP contribution in [-0.4, -0.2) is 21.5 Å². The molecule has 0 saturated heterocycles. The summed E-state index contributed by atoms with van der Waals surface area (Å²) in [6.45, 7) is 5.66. The second kappa shape index (κ2) is 5.84. The highest BCUT2D eigenvalue weighted by Crippen LogP contribution is 2.14. The van der Waals surface area contributed by atoms with Crippen molar-refractivity contribution in [2.45, 2.75) is 32.3 Å². The Morgan fingerprint density at radius 1 is 1.62 bits per heavy atom. The number of carbonyl (C=O) groups excluding carboxylic acids is 1. The maximum atomic E-state index is 11.6. The Kier molecular flexibility index (Phi) is 4.73. The summed E-state index contributed by atoms with van der Waals surface area (Å²) in [4.78, 5) is 29.5. The third kappa shape index (κ3) is 3.81. The van der Waals surface area contributed by atoms with Gasteiger partial charge in [0.25, 0.3) is 5.56 Å². The zero-order valence-corrected chi connectivity index (χ0v) is 10.6. The molecule has 0 bridgehead atoms. The van der Waals surface area contributed by atoms with Crippen molar-refractivity contribution in [3.63, 3.8) is 0 Å². The average molecular weight is 240 g/mol. The van der Waals surface area contributed by atoms with E-state index >= 15 is 0 Å². The molecular formula is C11H16N2O2S. The predicted molar refractivity (Wildman–Crippen MR) is 64.8 cm³/mol. The van der Waals surface area contributed by atoms with Crippen LogP contribution in [0.5, 0.6) is 0 Å². The Bertz CT molecular complexity index is 428. The number of aryl methyl sites for hydroxylation is 1. The van der Waals surface area contributed by atoms with E-state index in [1.54, 1.807) is 6.92 Å². The van der Waals surface area contributed by atoms with E-state index in [1.165, 1.54) is 17.8 Å². The van der Waals surface area contributed by atoms with Crippen molar-refractivity contribution in [1.29, 1.82) is 0 Å². The van der Waals surface area contributed by atoms with Gasteiger partial charge in [-0.05, 0) is 13.3 Å². The van der Waals surface area contributed by atoms with Crippen LogP contribution in [0.2, 0.25) is 0 Å². The SMILES string of the molecule is CCC(C)C(=O)CSc1nc(C)cc(=O)[nH]1. The van der Waals surface area contributed by atoms with E-state index in [2.05, 4.69) is 9.97 Å². The number of ketones is 1. The van der Waals surface area contributed by atoms with Crippen LogP contribution < -0.4 is 5.56 Å². The van der Waals surface area contributed by atoms with Crippen LogP contribution in [0.3, 0.4) is 0 Å². The summed E-state index contributed by atoms with van der Waals surface area (Å²) in [5.41, 5.74) is 0.494. The number of aromatic amines is 1. The zero-order valence-electron chi connectivity index (χ0n) is 9.74. The molecular weight excluding hydrogens is 224 g/mol. The van der Waals surface area contributed by atoms with Crippen molar-refractivity contribution in [2.24, 2.45) is 5.92 Å². The highest BCUT2D eigenvalue weighted by Gasteiger charge is 2.11. The first-order valence-electron chi connectivity index (χ1n) is 5.26. The van der Waals surface area contributed by atoms with E-state index < -0.39 is 0 Å². The molecule has 1 aromatic rings. The molecule has 1 rings (SSSR count). The number of carbonyl (C=O) groups is 1. The summed E-state index contributed by atoms with van der Waals surface area (Å²) in [7, 11) is 0. The summed E-state index contributed by atoms with van der Waals surface area (Å²) in [5.74, 6) is 0.627. The van der Waals surface area contributed by atoms with Crippen LogP contribution in [0.15, 0.2) is 16.0 Å². The zero-order chi connectivity index (χ0) is 12.1. The van der Waals surface area contributed by atoms with E-state index in [4.69, 9.17) is 0 Å². The molecule has 0 spiro atoms. The molecule has 0 fully saturated rings. The van der Waals surface area contributed by atoms with E-state index in [9.17, 15) is 9.59 Å². The van der Waals surface area contributed by atoms with Gasteiger partial charge in [0.2, 0.25) is 0 Å². The van der Waals surface area contributed by atoms with Gasteiger partial charge in [0.1, 0.15) is 5.78 Å². The topological polar surface area (TPSA) is 62.8 Å². The smallest absolute Gasteiger partial charge is 0.251 e. The third-order valence-corrected chi connectivity index (χ3v) is 3.26. The van der Waals surface area contributed by atoms with Crippen LogP contribution in [-0.2, 0) is 4.79 Å². The second-order valence-corrected chi connectivity index (χ2v) is 4.72. The number of nitrogens with zero attached hydrogens (tertiary/aromatic N) is 1. The fourth-order valence-corrected chi connectivity index (χ4v) is 2.07. The summed E-state index contributed by atoms with van der Waals surface area (Å²) < 4.78 is 0. The quantitative estimate of drug-likeness (QED) is 0.629. The Labute approximate surface area is 98.9 Å². The lowest BCUT2D eigenvalue weighted by Gasteiger charge is -2.06. The maximum Gasteiger partial charge on any atom is 0.251 e. The van der Waals surface area contributed by atoms with Crippen molar-refractivity contribution in [3.05, 3.63) is 22.1 Å². The summed E-state index contributed by atoms with van der Waals surface area (Å²) in [6, 6.07) is 1.43. The molecule has 5 heteroatoms. The van der Waals surface area contributed by atoms with Crippen molar-refractivity contribution in [2.75, 3.05) is 5.75 Å². The summed E-state index contributed by atoms with van der Waals surface area (Å²) in [5, 5.41) is 0.515. The first kappa shape index (κ1) is 13.0. The van der Waals surface area contributed by atoms with Gasteiger partial charge >= 0.3 is 0 Å². The van der Waals surface area contributed by atoms with Gasteiger partial charge in [-0.1, -0.05) is 25.6 Å². The van der Waals surface area contributed by atoms with Gasteiger partial charge < -0.3 is 4.98 Å². The number of nitrogens with one attached hydrogen (secondary N) is 1. The second-order valence-electron chi connectivity index (χ2n) is 3.76. The molecule has 0 aliphatic rings. The number of rotatable bonds is 5. The number of aromatic nitrogens is 2. The van der Waals surface area contributed by atoms with Crippen molar-refractivity contribution >= 4 is 17.5 Å². The lowest BCUT2D eigenvalue weighted by molar-refractivity contribution is -0.119. The number of thioether (sulfide) groups is 1. The molecule has 1 atom stereocenters. The lowest BCUT2D eigenvalue weighted by atomic mass is 10.1. The average Bonchev–Trinajstić information content (AvgIpc) is 2.23. The molecule has 0 saturated carbocycles. The normalized spacial score (nSPS) is 12.4. The molecule has 88 valence electrons. The molecule has 1 aromatic heterocycles. The van der Waals surface area contributed by atoms with Crippen LogP contribution in [0.4, 0.5) is 0 Å². The first-order valence-corrected chi connectivity index (χ1v) is 6.25. The van der Waals surface area contributed by atoms with Gasteiger partial charge in [-0.2, -0.15) is 0 Å². The Morgan fingerprint density at radius 2 is 2.31 bits per heavy atom. The Morgan fingerprint density at radius 3 is 2.88 bits per heavy atom. The van der Waals surface area contributed by atoms with Crippen LogP contribution in [0, 0.1) is 12.8 Å². The van der Waals surface area contributed by atoms with E-state index in [-0.39, 0.29) is 17.3 Å². The van der Waals surface area contributed by atoms with Crippen LogP contribution >= 0.6 is 11.8 Å². The Hall–Kier alpha value is -1.10. The fourth-order valence-electron chi connectivity index (χ4n) is 1.13. The van der Waals surface area contributed by atoms with Gasteiger partial charge in [-0.3, -0.25) is 9.59 Å². The van der Waals surface area contributed by atoms with Gasteiger partial charge in [0, 0.05) is 17.7 Å². The van der Waals surface area contributed by atoms with Crippen LogP contribution in [0.25, 0.3) is 0 Å². The molecule has 0 radical (unpaired) electrons. The van der Waals surface area contributed by atoms with E-state index in [0.717, 1.165) is 6.42 Å². The van der Waals surface area contributed by atoms with Crippen LogP contribution in [0.1, 0.15) is 26.0 Å². The van der Waals surface area contributed by atoms with Crippen molar-refractivity contribution < 1.29 is 4.79 Å². The molecule has 0 amide bonds. The van der Waals surface area contributed by atoms with Gasteiger partial charge in [-0.15, -0.1) is 0 Å². The number of H-pyrrole nitrogens is 1. The van der Waals surface area contributed by atoms with Crippen molar-refractivity contribution in [1.82, 2.24) is 9.97 Å². The Balaban J connectivity index is 2.61. The monoisotopic (exact) mass is 240 g/mol. The third-order valence-electron chi connectivity index (χ3n) is 2.36. The molecule has 4 nitrogen and oxygen atoms in total. The van der Waals surface area contributed by atoms with E-state index in [0.29, 0.717) is 16.6 Å². The maximum absolute atomic E-state index is 11.6. The molecule has 0 aromatic carbocycles. The highest BCUT2D eigenvalue weighted by molar-refractivity contribution is 7.99. The number of hydrogen-bond donors (Lipinski definition) is 1. The van der Waals surface area contributed by atoms with Gasteiger partial charge in [0.05, 0.1) is 5.75 Å². The lowest BCUT2D eigenvalue weighted by Crippen LogP contribution is -2.14. The number of Topliss-reactive ketones (excluding diaryl/α,β-unsaturated/α-hetero) is 1. The summed E-state index contributed by atoms with van der Waals surface area (Å²) in [6.07, 6.45) is 0.844. The standard InChI is InChI=1S/C11H16N2O2S/c1-4-7(2)9(14)6-16-11-12-8(3)5-10(15)13-11/h5,7H,4,6H2,1-3H3,(H,12,13,15). The van der Waals surface area contributed by atoms with Gasteiger partial charge in [0.15, 0.2) is 5.16 Å². The molecule has 0 aliphatic heterocycles. The molecule has 0 aliphatic carbocycles. The number of hydrogen-bond acceptors (Lipinski definition) is 4. The van der Waals surface area contributed by atoms with E-state index in [1.807, 2.05) is 13.8 Å². The molecule has 1 N–H and O–H groups in total. The largest absolute Gasteiger partial charge is 0.301 e. The minimum Gasteiger partial charge on any atom is -0.301 e. The molecule has 1 heterocycles. The minimum absolute atomic E-state index is 0.0732. The molecule has 16 heavy (non-hydrogen) atoms. The summed E-state index contributed by atoms with van der Waals surface area (Å²) >= 11 is 1.28. The first-order chi connectivity index (χ1) is 7.52. The molecule has 1 unspecified atom stereocenters. The van der Waals surface area contributed by atoms with Gasteiger partial charge in [-0.25, -0.2) is 4.98 Å². The predicted octanol–water partition coefficient (Wildman–Crippen LogP) is 1.79. The fraction of sp³-hybridized carbons (Fsp3) is 0.545. The van der Waals surface area contributed by atoms with Crippen molar-refractivity contribution in [3.8, 4) is 0 Å².